The largest absolute Gasteiger partial charge is 0.354 e. The minimum absolute atomic E-state index is 0.0666. The molecule has 0 saturated carbocycles. The zero-order valence-electron chi connectivity index (χ0n) is 13.1. The van der Waals surface area contributed by atoms with Crippen LogP contribution in [0.5, 0.6) is 0 Å². The molecule has 1 amide bonds. The van der Waals surface area contributed by atoms with E-state index in [-0.39, 0.29) is 5.91 Å². The monoisotopic (exact) mass is 296 g/mol. The molecule has 0 bridgehead atoms. The number of nitrogens with one attached hydrogen (secondary N) is 1. The summed E-state index contributed by atoms with van der Waals surface area (Å²) in [6.07, 6.45) is 2.32. The van der Waals surface area contributed by atoms with E-state index in [9.17, 15) is 4.79 Å². The van der Waals surface area contributed by atoms with Crippen molar-refractivity contribution < 1.29 is 4.79 Å². The SMILES string of the molecule is Cc1ccc(CCNC(=O)[C@@H](N)CCc2ccccc2)cc1. The highest BCUT2D eigenvalue weighted by atomic mass is 16.2. The van der Waals surface area contributed by atoms with Crippen molar-refractivity contribution in [1.29, 1.82) is 0 Å². The second-order valence-corrected chi connectivity index (χ2v) is 5.66. The van der Waals surface area contributed by atoms with Crippen molar-refractivity contribution in [3.63, 3.8) is 0 Å². The number of rotatable bonds is 7. The Kier molecular flexibility index (Phi) is 6.16. The summed E-state index contributed by atoms with van der Waals surface area (Å²) in [4.78, 5) is 12.0. The third kappa shape index (κ3) is 5.34. The molecule has 0 fully saturated rings. The molecule has 3 N–H and O–H groups in total. The maximum Gasteiger partial charge on any atom is 0.236 e. The average Bonchev–Trinajstić information content (AvgIpc) is 2.55. The molecule has 2 rings (SSSR count). The Balaban J connectivity index is 1.69. The number of carbonyl (C=O) groups excluding carboxylic acids is 1. The summed E-state index contributed by atoms with van der Waals surface area (Å²) < 4.78 is 0. The Bertz CT molecular complexity index is 578. The Labute approximate surface area is 132 Å². The fraction of sp³-hybridized carbons (Fsp3) is 0.316. The van der Waals surface area contributed by atoms with E-state index in [1.165, 1.54) is 16.7 Å². The number of benzene rings is 2. The second kappa shape index (κ2) is 8.35. The lowest BCUT2D eigenvalue weighted by molar-refractivity contribution is -0.122. The first-order chi connectivity index (χ1) is 10.6. The van der Waals surface area contributed by atoms with E-state index in [1.54, 1.807) is 0 Å². The number of aryl methyl sites for hydroxylation is 2. The number of carbonyl (C=O) groups is 1. The van der Waals surface area contributed by atoms with Crippen LogP contribution in [0.25, 0.3) is 0 Å². The van der Waals surface area contributed by atoms with E-state index in [2.05, 4.69) is 48.6 Å². The van der Waals surface area contributed by atoms with Gasteiger partial charge in [-0.25, -0.2) is 0 Å². The van der Waals surface area contributed by atoms with Gasteiger partial charge in [-0.15, -0.1) is 0 Å². The van der Waals surface area contributed by atoms with Crippen molar-refractivity contribution in [1.82, 2.24) is 5.32 Å². The van der Waals surface area contributed by atoms with E-state index in [0.29, 0.717) is 13.0 Å². The Morgan fingerprint density at radius 1 is 1.00 bits per heavy atom. The summed E-state index contributed by atoms with van der Waals surface area (Å²) in [5, 5.41) is 2.92. The fourth-order valence-electron chi connectivity index (χ4n) is 2.31. The lowest BCUT2D eigenvalue weighted by atomic mass is 10.1. The van der Waals surface area contributed by atoms with Gasteiger partial charge >= 0.3 is 0 Å². The van der Waals surface area contributed by atoms with Crippen molar-refractivity contribution in [3.8, 4) is 0 Å². The van der Waals surface area contributed by atoms with E-state index >= 15 is 0 Å². The third-order valence-corrected chi connectivity index (χ3v) is 3.76. The smallest absolute Gasteiger partial charge is 0.236 e. The average molecular weight is 296 g/mol. The van der Waals surface area contributed by atoms with E-state index in [4.69, 9.17) is 5.73 Å². The van der Waals surface area contributed by atoms with Crippen LogP contribution in [0.15, 0.2) is 54.6 Å². The van der Waals surface area contributed by atoms with Gasteiger partial charge in [0.1, 0.15) is 0 Å². The molecule has 2 aromatic carbocycles. The summed E-state index contributed by atoms with van der Waals surface area (Å²) in [6.45, 7) is 2.69. The highest BCUT2D eigenvalue weighted by molar-refractivity contribution is 5.81. The molecule has 0 spiro atoms. The lowest BCUT2D eigenvalue weighted by Gasteiger charge is -2.12. The van der Waals surface area contributed by atoms with Crippen LogP contribution in [-0.4, -0.2) is 18.5 Å². The van der Waals surface area contributed by atoms with Crippen LogP contribution < -0.4 is 11.1 Å². The molecule has 0 aliphatic heterocycles. The molecule has 0 aliphatic rings. The molecule has 3 nitrogen and oxygen atoms in total. The van der Waals surface area contributed by atoms with Crippen LogP contribution in [0.2, 0.25) is 0 Å². The van der Waals surface area contributed by atoms with Crippen LogP contribution in [0.1, 0.15) is 23.1 Å². The van der Waals surface area contributed by atoms with E-state index in [0.717, 1.165) is 12.8 Å². The first kappa shape index (κ1) is 16.2. The van der Waals surface area contributed by atoms with Crippen molar-refractivity contribution in [2.24, 2.45) is 5.73 Å². The van der Waals surface area contributed by atoms with Gasteiger partial charge in [-0.1, -0.05) is 60.2 Å². The second-order valence-electron chi connectivity index (χ2n) is 5.66. The van der Waals surface area contributed by atoms with Gasteiger partial charge in [-0.2, -0.15) is 0 Å². The first-order valence-electron chi connectivity index (χ1n) is 7.78. The van der Waals surface area contributed by atoms with Crippen molar-refractivity contribution in [3.05, 3.63) is 71.3 Å². The zero-order chi connectivity index (χ0) is 15.8. The predicted molar refractivity (Wildman–Crippen MR) is 90.6 cm³/mol. The van der Waals surface area contributed by atoms with Crippen molar-refractivity contribution in [2.45, 2.75) is 32.2 Å². The molecule has 22 heavy (non-hydrogen) atoms. The van der Waals surface area contributed by atoms with Gasteiger partial charge in [0.25, 0.3) is 0 Å². The Morgan fingerprint density at radius 2 is 1.64 bits per heavy atom. The molecule has 116 valence electrons. The molecule has 0 aromatic heterocycles. The molecule has 0 saturated heterocycles. The summed E-state index contributed by atoms with van der Waals surface area (Å²) in [7, 11) is 0. The van der Waals surface area contributed by atoms with Gasteiger partial charge in [0.15, 0.2) is 0 Å². The van der Waals surface area contributed by atoms with E-state index in [1.807, 2.05) is 18.2 Å². The third-order valence-electron chi connectivity index (χ3n) is 3.76. The van der Waals surface area contributed by atoms with Gasteiger partial charge in [-0.05, 0) is 37.3 Å². The Morgan fingerprint density at radius 3 is 2.32 bits per heavy atom. The zero-order valence-corrected chi connectivity index (χ0v) is 13.1. The summed E-state index contributed by atoms with van der Waals surface area (Å²) in [6, 6.07) is 18.0. The predicted octanol–water partition coefficient (Wildman–Crippen LogP) is 2.61. The standard InChI is InChI=1S/C19H24N2O/c1-15-7-9-17(10-8-15)13-14-21-19(22)18(20)12-11-16-5-3-2-4-6-16/h2-10,18H,11-14,20H2,1H3,(H,21,22)/t18-/m0/s1. The maximum atomic E-state index is 12.0. The highest BCUT2D eigenvalue weighted by Crippen LogP contribution is 2.05. The highest BCUT2D eigenvalue weighted by Gasteiger charge is 2.12. The van der Waals surface area contributed by atoms with Gasteiger partial charge in [-0.3, -0.25) is 4.79 Å². The molecule has 2 aromatic rings. The lowest BCUT2D eigenvalue weighted by Crippen LogP contribution is -2.41. The number of nitrogens with two attached hydrogens (primary N) is 1. The summed E-state index contributed by atoms with van der Waals surface area (Å²) in [5.41, 5.74) is 9.64. The minimum Gasteiger partial charge on any atom is -0.354 e. The minimum atomic E-state index is -0.446. The molecular weight excluding hydrogens is 272 g/mol. The van der Waals surface area contributed by atoms with Crippen molar-refractivity contribution in [2.75, 3.05) is 6.54 Å². The quantitative estimate of drug-likeness (QED) is 0.825. The van der Waals surface area contributed by atoms with Crippen LogP contribution in [0.4, 0.5) is 0 Å². The van der Waals surface area contributed by atoms with Crippen molar-refractivity contribution >= 4 is 5.91 Å². The molecule has 0 radical (unpaired) electrons. The van der Waals surface area contributed by atoms with Crippen LogP contribution >= 0.6 is 0 Å². The number of hydrogen-bond donors (Lipinski definition) is 2. The normalized spacial score (nSPS) is 11.9. The molecule has 0 unspecified atom stereocenters. The van der Waals surface area contributed by atoms with Crippen LogP contribution in [0.3, 0.4) is 0 Å². The molecule has 3 heteroatoms. The summed E-state index contributed by atoms with van der Waals surface area (Å²) >= 11 is 0. The fourth-order valence-corrected chi connectivity index (χ4v) is 2.31. The van der Waals surface area contributed by atoms with Crippen LogP contribution in [-0.2, 0) is 17.6 Å². The number of amides is 1. The van der Waals surface area contributed by atoms with Gasteiger partial charge < -0.3 is 11.1 Å². The van der Waals surface area contributed by atoms with Crippen LogP contribution in [0, 0.1) is 6.92 Å². The van der Waals surface area contributed by atoms with Gasteiger partial charge in [0, 0.05) is 6.54 Å². The molecule has 0 aliphatic carbocycles. The topological polar surface area (TPSA) is 55.1 Å². The van der Waals surface area contributed by atoms with E-state index < -0.39 is 6.04 Å². The molecule has 0 heterocycles. The molecule has 1 atom stereocenters. The number of hydrogen-bond acceptors (Lipinski definition) is 2. The maximum absolute atomic E-state index is 12.0. The Hall–Kier alpha value is -2.13. The molecular formula is C19H24N2O. The first-order valence-corrected chi connectivity index (χ1v) is 7.78. The van der Waals surface area contributed by atoms with Gasteiger partial charge in [0.2, 0.25) is 5.91 Å². The van der Waals surface area contributed by atoms with Gasteiger partial charge in [0.05, 0.1) is 6.04 Å². The summed E-state index contributed by atoms with van der Waals surface area (Å²) in [5.74, 6) is -0.0666.